The van der Waals surface area contributed by atoms with Gasteiger partial charge in [0.1, 0.15) is 17.2 Å². The Morgan fingerprint density at radius 2 is 1.80 bits per heavy atom. The zero-order valence-corrected chi connectivity index (χ0v) is 13.9. The molecule has 0 bridgehead atoms. The molecule has 0 aromatic heterocycles. The van der Waals surface area contributed by atoms with Gasteiger partial charge in [-0.1, -0.05) is 12.1 Å². The molecular weight excluding hydrogens is 356 g/mol. The highest BCUT2D eigenvalue weighted by Crippen LogP contribution is 2.35. The van der Waals surface area contributed by atoms with Crippen LogP contribution in [0.5, 0.6) is 11.5 Å². The predicted molar refractivity (Wildman–Crippen MR) is 83.7 cm³/mol. The van der Waals surface area contributed by atoms with E-state index in [-0.39, 0.29) is 6.79 Å². The Kier molecular flexibility index (Phi) is 4.40. The predicted octanol–water partition coefficient (Wildman–Crippen LogP) is 1.88. The third kappa shape index (κ3) is 3.44. The first-order valence-electron chi connectivity index (χ1n) is 7.27. The summed E-state index contributed by atoms with van der Waals surface area (Å²) in [5, 5.41) is 10.6. The van der Waals surface area contributed by atoms with Gasteiger partial charge in [-0.15, -0.1) is 0 Å². The summed E-state index contributed by atoms with van der Waals surface area (Å²) in [5.41, 5.74) is -1.29. The Morgan fingerprint density at radius 1 is 1.16 bits per heavy atom. The standard InChI is InChI=1S/C16H15F2NO5S/c1-16(20,10-5-6-13-14(7-10)24-9-23-13)8-19-25(21,22)15-11(17)3-2-4-12(15)18/h2-7,19-20H,8-9H2,1H3/t16-/m1/s1. The van der Waals surface area contributed by atoms with E-state index in [2.05, 4.69) is 0 Å². The number of ether oxygens (including phenoxy) is 2. The average Bonchev–Trinajstić information content (AvgIpc) is 3.00. The van der Waals surface area contributed by atoms with E-state index < -0.39 is 38.7 Å². The monoisotopic (exact) mass is 371 g/mol. The second-order valence-electron chi connectivity index (χ2n) is 5.72. The maximum absolute atomic E-state index is 13.7. The number of sulfonamides is 1. The van der Waals surface area contributed by atoms with Crippen molar-refractivity contribution in [2.75, 3.05) is 13.3 Å². The molecule has 0 spiro atoms. The molecule has 2 aromatic carbocycles. The second-order valence-corrected chi connectivity index (χ2v) is 7.42. The van der Waals surface area contributed by atoms with Gasteiger partial charge in [-0.25, -0.2) is 21.9 Å². The van der Waals surface area contributed by atoms with Crippen LogP contribution >= 0.6 is 0 Å². The number of aliphatic hydroxyl groups is 1. The molecule has 2 N–H and O–H groups in total. The Bertz CT molecular complexity index is 894. The van der Waals surface area contributed by atoms with E-state index in [1.807, 2.05) is 4.72 Å². The molecule has 25 heavy (non-hydrogen) atoms. The van der Waals surface area contributed by atoms with Crippen molar-refractivity contribution in [3.63, 3.8) is 0 Å². The molecular formula is C16H15F2NO5S. The quantitative estimate of drug-likeness (QED) is 0.838. The van der Waals surface area contributed by atoms with E-state index in [0.29, 0.717) is 17.1 Å². The zero-order valence-electron chi connectivity index (χ0n) is 13.1. The Labute approximate surface area is 143 Å². The molecule has 0 aliphatic carbocycles. The van der Waals surface area contributed by atoms with Gasteiger partial charge in [-0.3, -0.25) is 0 Å². The molecule has 9 heteroatoms. The normalized spacial score (nSPS) is 15.8. The summed E-state index contributed by atoms with van der Waals surface area (Å²) in [6, 6.07) is 7.39. The summed E-state index contributed by atoms with van der Waals surface area (Å²) in [7, 11) is -4.49. The lowest BCUT2D eigenvalue weighted by Gasteiger charge is -2.24. The van der Waals surface area contributed by atoms with Crippen LogP contribution in [0.3, 0.4) is 0 Å². The summed E-state index contributed by atoms with van der Waals surface area (Å²) < 4.78 is 64.2. The van der Waals surface area contributed by atoms with Crippen molar-refractivity contribution in [2.45, 2.75) is 17.4 Å². The first kappa shape index (κ1) is 17.6. The van der Waals surface area contributed by atoms with Crippen molar-refractivity contribution in [1.29, 1.82) is 0 Å². The van der Waals surface area contributed by atoms with E-state index in [9.17, 15) is 22.3 Å². The van der Waals surface area contributed by atoms with Crippen molar-refractivity contribution in [3.05, 3.63) is 53.6 Å². The first-order valence-corrected chi connectivity index (χ1v) is 8.75. The molecule has 0 radical (unpaired) electrons. The van der Waals surface area contributed by atoms with Crippen molar-refractivity contribution < 1.29 is 31.8 Å². The van der Waals surface area contributed by atoms with E-state index in [0.717, 1.165) is 18.2 Å². The molecule has 2 aromatic rings. The number of nitrogens with one attached hydrogen (secondary N) is 1. The van der Waals surface area contributed by atoms with E-state index in [1.54, 1.807) is 12.1 Å². The summed E-state index contributed by atoms with van der Waals surface area (Å²) in [6.07, 6.45) is 0. The SMILES string of the molecule is C[C@@](O)(CNS(=O)(=O)c1c(F)cccc1F)c1ccc2c(c1)OCO2. The van der Waals surface area contributed by atoms with Crippen LogP contribution in [0.2, 0.25) is 0 Å². The maximum atomic E-state index is 13.7. The minimum Gasteiger partial charge on any atom is -0.454 e. The minimum atomic E-state index is -4.49. The summed E-state index contributed by atoms with van der Waals surface area (Å²) in [6.45, 7) is 0.924. The highest BCUT2D eigenvalue weighted by Gasteiger charge is 2.30. The smallest absolute Gasteiger partial charge is 0.246 e. The van der Waals surface area contributed by atoms with E-state index in [4.69, 9.17) is 9.47 Å². The third-order valence-electron chi connectivity index (χ3n) is 3.79. The molecule has 6 nitrogen and oxygen atoms in total. The summed E-state index contributed by atoms with van der Waals surface area (Å²) >= 11 is 0. The largest absolute Gasteiger partial charge is 0.454 e. The first-order chi connectivity index (χ1) is 11.7. The van der Waals surface area contributed by atoms with Crippen LogP contribution in [0.1, 0.15) is 12.5 Å². The molecule has 1 aliphatic rings. The average molecular weight is 371 g/mol. The van der Waals surface area contributed by atoms with Gasteiger partial charge in [0, 0.05) is 6.54 Å². The minimum absolute atomic E-state index is 0.0557. The molecule has 134 valence electrons. The van der Waals surface area contributed by atoms with Gasteiger partial charge in [0.15, 0.2) is 16.4 Å². The second kappa shape index (κ2) is 6.25. The fourth-order valence-corrected chi connectivity index (χ4v) is 3.65. The highest BCUT2D eigenvalue weighted by molar-refractivity contribution is 7.89. The maximum Gasteiger partial charge on any atom is 0.246 e. The van der Waals surface area contributed by atoms with Gasteiger partial charge in [-0.2, -0.15) is 0 Å². The topological polar surface area (TPSA) is 84.9 Å². The molecule has 0 saturated carbocycles. The van der Waals surface area contributed by atoms with Crippen LogP contribution in [0, 0.1) is 11.6 Å². The van der Waals surface area contributed by atoms with Gasteiger partial charge >= 0.3 is 0 Å². The Balaban J connectivity index is 1.82. The number of fused-ring (bicyclic) bond motifs is 1. The fraction of sp³-hybridized carbons (Fsp3) is 0.250. The lowest BCUT2D eigenvalue weighted by molar-refractivity contribution is 0.0625. The molecule has 0 fully saturated rings. The van der Waals surface area contributed by atoms with Crippen LogP contribution < -0.4 is 14.2 Å². The summed E-state index contributed by atoms with van der Waals surface area (Å²) in [4.78, 5) is -1.09. The number of hydrogen-bond donors (Lipinski definition) is 2. The van der Waals surface area contributed by atoms with Crippen molar-refractivity contribution in [1.82, 2.24) is 4.72 Å². The number of benzene rings is 2. The molecule has 1 atom stereocenters. The Morgan fingerprint density at radius 3 is 2.48 bits per heavy atom. The number of rotatable bonds is 5. The lowest BCUT2D eigenvalue weighted by atomic mass is 9.96. The highest BCUT2D eigenvalue weighted by atomic mass is 32.2. The third-order valence-corrected chi connectivity index (χ3v) is 5.24. The molecule has 1 aliphatic heterocycles. The van der Waals surface area contributed by atoms with Gasteiger partial charge in [0.25, 0.3) is 0 Å². The number of hydrogen-bond acceptors (Lipinski definition) is 5. The van der Waals surface area contributed by atoms with Crippen LogP contribution in [0.25, 0.3) is 0 Å². The molecule has 3 rings (SSSR count). The van der Waals surface area contributed by atoms with Crippen LogP contribution in [-0.2, 0) is 15.6 Å². The van der Waals surface area contributed by atoms with Crippen molar-refractivity contribution >= 4 is 10.0 Å². The molecule has 0 amide bonds. The molecule has 1 heterocycles. The summed E-state index contributed by atoms with van der Waals surface area (Å²) in [5.74, 6) is -1.50. The van der Waals surface area contributed by atoms with Crippen LogP contribution in [0.15, 0.2) is 41.3 Å². The van der Waals surface area contributed by atoms with E-state index >= 15 is 0 Å². The Hall–Kier alpha value is -2.23. The van der Waals surface area contributed by atoms with Gasteiger partial charge in [0.2, 0.25) is 16.8 Å². The van der Waals surface area contributed by atoms with Gasteiger partial charge in [-0.05, 0) is 36.8 Å². The van der Waals surface area contributed by atoms with Crippen LogP contribution in [-0.4, -0.2) is 26.9 Å². The zero-order chi connectivity index (χ0) is 18.2. The molecule has 0 unspecified atom stereocenters. The fourth-order valence-electron chi connectivity index (χ4n) is 2.38. The van der Waals surface area contributed by atoms with E-state index in [1.165, 1.54) is 13.0 Å². The lowest BCUT2D eigenvalue weighted by Crippen LogP contribution is -2.39. The van der Waals surface area contributed by atoms with Crippen molar-refractivity contribution in [2.24, 2.45) is 0 Å². The van der Waals surface area contributed by atoms with Gasteiger partial charge < -0.3 is 14.6 Å². The van der Waals surface area contributed by atoms with Gasteiger partial charge in [0.05, 0.1) is 0 Å². The van der Waals surface area contributed by atoms with Crippen LogP contribution in [0.4, 0.5) is 8.78 Å². The van der Waals surface area contributed by atoms with Crippen molar-refractivity contribution in [3.8, 4) is 11.5 Å². The number of halogens is 2. The molecule has 0 saturated heterocycles.